The fourth-order valence-corrected chi connectivity index (χ4v) is 3.01. The molecule has 1 aliphatic rings. The van der Waals surface area contributed by atoms with Crippen LogP contribution in [-0.4, -0.2) is 62.0 Å². The van der Waals surface area contributed by atoms with Gasteiger partial charge < -0.3 is 29.5 Å². The summed E-state index contributed by atoms with van der Waals surface area (Å²) >= 11 is 0. The van der Waals surface area contributed by atoms with Crippen molar-refractivity contribution in [2.24, 2.45) is 0 Å². The molecule has 0 radical (unpaired) electrons. The molecule has 1 fully saturated rings. The zero-order valence-electron chi connectivity index (χ0n) is 16.8. The molecule has 1 aliphatic heterocycles. The second-order valence-electron chi connectivity index (χ2n) is 7.54. The number of hydroxylamine groups is 1. The van der Waals surface area contributed by atoms with Gasteiger partial charge in [-0.1, -0.05) is 6.92 Å². The van der Waals surface area contributed by atoms with Crippen molar-refractivity contribution in [2.45, 2.75) is 33.3 Å². The summed E-state index contributed by atoms with van der Waals surface area (Å²) < 4.78 is 10.9. The van der Waals surface area contributed by atoms with Crippen molar-refractivity contribution in [1.82, 2.24) is 4.90 Å². The van der Waals surface area contributed by atoms with Crippen LogP contribution in [-0.2, 0) is 4.74 Å². The molecule has 1 N–H and O–H groups in total. The van der Waals surface area contributed by atoms with Crippen LogP contribution in [0.4, 0.5) is 17.1 Å². The first-order valence-corrected chi connectivity index (χ1v) is 9.17. The first-order valence-electron chi connectivity index (χ1n) is 9.17. The van der Waals surface area contributed by atoms with E-state index in [1.165, 1.54) is 13.2 Å². The summed E-state index contributed by atoms with van der Waals surface area (Å²) in [5.41, 5.74) is 0.0958. The second kappa shape index (κ2) is 8.83. The maximum absolute atomic E-state index is 12.6. The van der Waals surface area contributed by atoms with E-state index in [0.29, 0.717) is 24.5 Å². The Balaban J connectivity index is 2.33. The largest absolute Gasteiger partial charge is 0.627 e. The number of hydrogen-bond acceptors (Lipinski definition) is 7. The van der Waals surface area contributed by atoms with Crippen molar-refractivity contribution in [3.8, 4) is 5.75 Å². The van der Waals surface area contributed by atoms with E-state index in [-0.39, 0.29) is 23.2 Å². The molecule has 1 heterocycles. The normalized spacial score (nSPS) is 17.0. The van der Waals surface area contributed by atoms with Crippen molar-refractivity contribution in [1.29, 1.82) is 0 Å². The lowest BCUT2D eigenvalue weighted by molar-refractivity contribution is -0.805. The quantitative estimate of drug-likeness (QED) is 0.434. The first kappa shape index (κ1) is 21.4. The summed E-state index contributed by atoms with van der Waals surface area (Å²) in [6, 6.07) is 2.92. The Hall–Kier alpha value is -1.94. The van der Waals surface area contributed by atoms with E-state index >= 15 is 0 Å². The molecule has 9 nitrogen and oxygen atoms in total. The average molecular weight is 382 g/mol. The molecule has 1 atom stereocenters. The molecule has 0 bridgehead atoms. The smallest absolute Gasteiger partial charge is 0.298 e. The Morgan fingerprint density at radius 2 is 1.85 bits per heavy atom. The third-order valence-corrected chi connectivity index (χ3v) is 4.59. The van der Waals surface area contributed by atoms with E-state index in [0.717, 1.165) is 19.6 Å². The van der Waals surface area contributed by atoms with Gasteiger partial charge in [0.2, 0.25) is 0 Å². The molecule has 152 valence electrons. The number of rotatable bonds is 7. The van der Waals surface area contributed by atoms with Gasteiger partial charge in [0, 0.05) is 32.2 Å². The molecular formula is C18H30N4O5. The van der Waals surface area contributed by atoms with E-state index in [2.05, 4.69) is 11.8 Å². The summed E-state index contributed by atoms with van der Waals surface area (Å²) in [4.78, 5) is 15.5. The van der Waals surface area contributed by atoms with Crippen molar-refractivity contribution >= 4 is 17.1 Å². The molecule has 1 aromatic rings. The molecule has 1 aromatic carbocycles. The molecule has 2 rings (SSSR count). The van der Waals surface area contributed by atoms with E-state index < -0.39 is 10.5 Å². The second-order valence-corrected chi connectivity index (χ2v) is 7.54. The van der Waals surface area contributed by atoms with Crippen LogP contribution in [0.5, 0.6) is 5.75 Å². The van der Waals surface area contributed by atoms with Gasteiger partial charge in [0.25, 0.3) is 5.69 Å². The number of benzene rings is 1. The molecule has 0 aliphatic carbocycles. The van der Waals surface area contributed by atoms with Crippen LogP contribution in [0.2, 0.25) is 0 Å². The molecule has 1 saturated heterocycles. The van der Waals surface area contributed by atoms with Crippen LogP contribution in [0.1, 0.15) is 27.7 Å². The number of nitro groups is 1. The van der Waals surface area contributed by atoms with Gasteiger partial charge in [-0.05, 0) is 27.3 Å². The van der Waals surface area contributed by atoms with E-state index in [4.69, 9.17) is 9.47 Å². The average Bonchev–Trinajstić information content (AvgIpc) is 2.64. The van der Waals surface area contributed by atoms with Gasteiger partial charge >= 0.3 is 0 Å². The van der Waals surface area contributed by atoms with Gasteiger partial charge in [-0.3, -0.25) is 10.1 Å². The highest BCUT2D eigenvalue weighted by molar-refractivity contribution is 5.71. The molecular weight excluding hydrogens is 352 g/mol. The van der Waals surface area contributed by atoms with Gasteiger partial charge in [0.15, 0.2) is 18.2 Å². The highest BCUT2D eigenvalue weighted by Gasteiger charge is 2.28. The van der Waals surface area contributed by atoms with Crippen molar-refractivity contribution in [3.05, 3.63) is 27.5 Å². The van der Waals surface area contributed by atoms with Gasteiger partial charge in [0.05, 0.1) is 23.7 Å². The molecule has 0 spiro atoms. The number of ether oxygens (including phenoxy) is 2. The van der Waals surface area contributed by atoms with Crippen molar-refractivity contribution in [3.63, 3.8) is 0 Å². The van der Waals surface area contributed by atoms with Crippen LogP contribution >= 0.6 is 0 Å². The monoisotopic (exact) mass is 382 g/mol. The molecule has 27 heavy (non-hydrogen) atoms. The first-order chi connectivity index (χ1) is 12.7. The SMILES string of the molecule is CCN1CCN(c2cc(OC)c([NH+]([O-])COC(C)(C)C)cc2[N+](=O)[O-])CC1. The van der Waals surface area contributed by atoms with Gasteiger partial charge in [-0.2, -0.15) is 0 Å². The molecule has 9 heteroatoms. The number of methoxy groups -OCH3 is 1. The van der Waals surface area contributed by atoms with Gasteiger partial charge in [-0.15, -0.1) is 0 Å². The van der Waals surface area contributed by atoms with Gasteiger partial charge in [0.1, 0.15) is 5.69 Å². The Kier molecular flexibility index (Phi) is 6.99. The van der Waals surface area contributed by atoms with Crippen LogP contribution in [0, 0.1) is 15.3 Å². The summed E-state index contributed by atoms with van der Waals surface area (Å²) in [5, 5.41) is 23.9. The Bertz CT molecular complexity index is 654. The Morgan fingerprint density at radius 1 is 1.22 bits per heavy atom. The summed E-state index contributed by atoms with van der Waals surface area (Å²) in [6.07, 6.45) is 0. The lowest BCUT2D eigenvalue weighted by Crippen LogP contribution is -3.02. The minimum absolute atomic E-state index is 0.0835. The van der Waals surface area contributed by atoms with E-state index in [1.54, 1.807) is 6.07 Å². The predicted molar refractivity (Wildman–Crippen MR) is 104 cm³/mol. The summed E-state index contributed by atoms with van der Waals surface area (Å²) in [5.74, 6) is 0.330. The topological polar surface area (TPSA) is 95.6 Å². The number of hydrogen-bond donors (Lipinski definition) is 1. The van der Waals surface area contributed by atoms with Crippen LogP contribution in [0.3, 0.4) is 0 Å². The fourth-order valence-electron chi connectivity index (χ4n) is 3.01. The number of quaternary nitrogens is 1. The highest BCUT2D eigenvalue weighted by Crippen LogP contribution is 2.37. The Morgan fingerprint density at radius 3 is 2.33 bits per heavy atom. The van der Waals surface area contributed by atoms with Crippen LogP contribution in [0.15, 0.2) is 12.1 Å². The fraction of sp³-hybridized carbons (Fsp3) is 0.667. The predicted octanol–water partition coefficient (Wildman–Crippen LogP) is 1.53. The number of nitrogens with one attached hydrogen (secondary N) is 1. The number of likely N-dealkylation sites (N-methyl/N-ethyl adjacent to an activating group) is 1. The summed E-state index contributed by atoms with van der Waals surface area (Å²) in [7, 11) is 1.46. The Labute approximate surface area is 160 Å². The molecule has 1 unspecified atom stereocenters. The standard InChI is InChI=1S/C18H30N4O5/c1-6-19-7-9-20(10-8-19)14-12-17(26-5)16(11-15(14)22(24)25)21(23)13-27-18(2,3)4/h11-12,21H,6-10,13H2,1-5H3. The number of nitrogens with zero attached hydrogens (tertiary/aromatic N) is 3. The van der Waals surface area contributed by atoms with Crippen LogP contribution in [0.25, 0.3) is 0 Å². The number of nitro benzene ring substituents is 1. The zero-order chi connectivity index (χ0) is 20.2. The third-order valence-electron chi connectivity index (χ3n) is 4.59. The molecule has 0 saturated carbocycles. The lowest BCUT2D eigenvalue weighted by Gasteiger charge is -2.35. The number of anilines is 1. The van der Waals surface area contributed by atoms with E-state index in [9.17, 15) is 15.3 Å². The van der Waals surface area contributed by atoms with Crippen molar-refractivity contribution < 1.29 is 19.5 Å². The lowest BCUT2D eigenvalue weighted by atomic mass is 10.1. The van der Waals surface area contributed by atoms with Gasteiger partial charge in [-0.25, -0.2) is 0 Å². The van der Waals surface area contributed by atoms with Crippen LogP contribution < -0.4 is 14.7 Å². The zero-order valence-corrected chi connectivity index (χ0v) is 16.8. The molecule has 0 aromatic heterocycles. The number of piperazine rings is 1. The third kappa shape index (κ3) is 5.52. The van der Waals surface area contributed by atoms with Crippen molar-refractivity contribution in [2.75, 3.05) is 51.5 Å². The minimum Gasteiger partial charge on any atom is -0.627 e. The van der Waals surface area contributed by atoms with E-state index in [1.807, 2.05) is 25.7 Å². The molecule has 0 amide bonds. The highest BCUT2D eigenvalue weighted by atomic mass is 16.6. The minimum atomic E-state index is -0.478. The summed E-state index contributed by atoms with van der Waals surface area (Å²) in [6.45, 7) is 11.5. The maximum atomic E-state index is 12.6. The maximum Gasteiger partial charge on any atom is 0.298 e.